The van der Waals surface area contributed by atoms with Crippen LogP contribution in [0.3, 0.4) is 0 Å². The van der Waals surface area contributed by atoms with Gasteiger partial charge < -0.3 is 10.1 Å². The SMILES string of the molecule is CCCC1CC1Nc1ncc(OC)cn1. The first-order valence-corrected chi connectivity index (χ1v) is 5.46. The lowest BCUT2D eigenvalue weighted by atomic mass is 10.2. The van der Waals surface area contributed by atoms with Crippen LogP contribution in [0.4, 0.5) is 5.95 Å². The number of aromatic nitrogens is 2. The van der Waals surface area contributed by atoms with Crippen LogP contribution in [-0.2, 0) is 0 Å². The molecule has 2 unspecified atom stereocenters. The first-order chi connectivity index (χ1) is 7.33. The fraction of sp³-hybridized carbons (Fsp3) is 0.636. The van der Waals surface area contributed by atoms with E-state index in [1.54, 1.807) is 19.5 Å². The summed E-state index contributed by atoms with van der Waals surface area (Å²) in [4.78, 5) is 8.35. The highest BCUT2D eigenvalue weighted by Crippen LogP contribution is 2.36. The number of rotatable bonds is 5. The van der Waals surface area contributed by atoms with Crippen LogP contribution in [0.1, 0.15) is 26.2 Å². The molecule has 1 aliphatic rings. The molecule has 0 amide bonds. The Hall–Kier alpha value is -1.32. The molecule has 82 valence electrons. The molecule has 1 aliphatic carbocycles. The molecule has 2 rings (SSSR count). The maximum atomic E-state index is 5.00. The second-order valence-electron chi connectivity index (χ2n) is 3.98. The molecule has 4 nitrogen and oxygen atoms in total. The smallest absolute Gasteiger partial charge is 0.223 e. The van der Waals surface area contributed by atoms with E-state index < -0.39 is 0 Å². The Labute approximate surface area is 90.1 Å². The van der Waals surface area contributed by atoms with E-state index in [0.29, 0.717) is 17.7 Å². The average Bonchev–Trinajstić information content (AvgIpc) is 2.98. The number of nitrogens with one attached hydrogen (secondary N) is 1. The summed E-state index contributed by atoms with van der Waals surface area (Å²) in [6.07, 6.45) is 7.18. The van der Waals surface area contributed by atoms with Crippen molar-refractivity contribution in [2.45, 2.75) is 32.2 Å². The van der Waals surface area contributed by atoms with Crippen LogP contribution in [0.25, 0.3) is 0 Å². The Bertz CT molecular complexity index is 312. The highest BCUT2D eigenvalue weighted by molar-refractivity contribution is 5.31. The molecular formula is C11H17N3O. The minimum absolute atomic E-state index is 0.582. The zero-order valence-electron chi connectivity index (χ0n) is 9.23. The Morgan fingerprint density at radius 2 is 2.20 bits per heavy atom. The molecule has 1 fully saturated rings. The Morgan fingerprint density at radius 1 is 1.47 bits per heavy atom. The van der Waals surface area contributed by atoms with E-state index in [2.05, 4.69) is 22.2 Å². The van der Waals surface area contributed by atoms with Gasteiger partial charge in [0, 0.05) is 6.04 Å². The first-order valence-electron chi connectivity index (χ1n) is 5.46. The minimum Gasteiger partial charge on any atom is -0.494 e. The molecular weight excluding hydrogens is 190 g/mol. The maximum Gasteiger partial charge on any atom is 0.223 e. The van der Waals surface area contributed by atoms with E-state index in [1.807, 2.05) is 0 Å². The normalized spacial score (nSPS) is 23.6. The fourth-order valence-electron chi connectivity index (χ4n) is 1.78. The van der Waals surface area contributed by atoms with Crippen LogP contribution in [0.2, 0.25) is 0 Å². The summed E-state index contributed by atoms with van der Waals surface area (Å²) in [5, 5.41) is 3.32. The van der Waals surface area contributed by atoms with Crippen molar-refractivity contribution in [3.63, 3.8) is 0 Å². The molecule has 0 radical (unpaired) electrons. The monoisotopic (exact) mass is 207 g/mol. The summed E-state index contributed by atoms with van der Waals surface area (Å²) in [6.45, 7) is 2.22. The number of methoxy groups -OCH3 is 1. The summed E-state index contributed by atoms with van der Waals surface area (Å²) in [7, 11) is 1.62. The molecule has 1 N–H and O–H groups in total. The summed E-state index contributed by atoms with van der Waals surface area (Å²) < 4.78 is 5.00. The molecule has 4 heteroatoms. The lowest BCUT2D eigenvalue weighted by molar-refractivity contribution is 0.411. The third-order valence-corrected chi connectivity index (χ3v) is 2.76. The molecule has 1 aromatic rings. The lowest BCUT2D eigenvalue weighted by Crippen LogP contribution is -2.07. The quantitative estimate of drug-likeness (QED) is 0.803. The van der Waals surface area contributed by atoms with Crippen LogP contribution < -0.4 is 10.1 Å². The second kappa shape index (κ2) is 4.47. The topological polar surface area (TPSA) is 47.0 Å². The molecule has 1 heterocycles. The van der Waals surface area contributed by atoms with Gasteiger partial charge in [-0.25, -0.2) is 9.97 Å². The van der Waals surface area contributed by atoms with Crippen LogP contribution in [-0.4, -0.2) is 23.1 Å². The van der Waals surface area contributed by atoms with Crippen molar-refractivity contribution < 1.29 is 4.74 Å². The molecule has 0 saturated heterocycles. The minimum atomic E-state index is 0.582. The van der Waals surface area contributed by atoms with Gasteiger partial charge in [-0.2, -0.15) is 0 Å². The third kappa shape index (κ3) is 2.58. The van der Waals surface area contributed by atoms with E-state index in [-0.39, 0.29) is 0 Å². The Kier molecular flexibility index (Phi) is 3.04. The van der Waals surface area contributed by atoms with Crippen LogP contribution in [0.15, 0.2) is 12.4 Å². The van der Waals surface area contributed by atoms with Gasteiger partial charge >= 0.3 is 0 Å². The Balaban J connectivity index is 1.84. The number of hydrogen-bond donors (Lipinski definition) is 1. The number of hydrogen-bond acceptors (Lipinski definition) is 4. The molecule has 0 spiro atoms. The van der Waals surface area contributed by atoms with Crippen molar-refractivity contribution >= 4 is 5.95 Å². The van der Waals surface area contributed by atoms with Gasteiger partial charge in [-0.05, 0) is 18.8 Å². The molecule has 0 aliphatic heterocycles. The summed E-state index contributed by atoms with van der Waals surface area (Å²) in [5.41, 5.74) is 0. The van der Waals surface area contributed by atoms with Crippen molar-refractivity contribution in [3.8, 4) is 5.75 Å². The van der Waals surface area contributed by atoms with Gasteiger partial charge in [-0.3, -0.25) is 0 Å². The van der Waals surface area contributed by atoms with Gasteiger partial charge in [-0.15, -0.1) is 0 Å². The zero-order valence-corrected chi connectivity index (χ0v) is 9.23. The fourth-order valence-corrected chi connectivity index (χ4v) is 1.78. The van der Waals surface area contributed by atoms with Crippen LogP contribution in [0, 0.1) is 5.92 Å². The van der Waals surface area contributed by atoms with Crippen molar-refractivity contribution in [3.05, 3.63) is 12.4 Å². The average molecular weight is 207 g/mol. The molecule has 1 aromatic heterocycles. The largest absolute Gasteiger partial charge is 0.494 e. The number of anilines is 1. The summed E-state index contributed by atoms with van der Waals surface area (Å²) >= 11 is 0. The molecule has 0 aromatic carbocycles. The standard InChI is InChI=1S/C11H17N3O/c1-3-4-8-5-10(8)14-11-12-6-9(15-2)7-13-11/h6-8,10H,3-5H2,1-2H3,(H,12,13,14). The molecule has 2 atom stereocenters. The van der Waals surface area contributed by atoms with Crippen molar-refractivity contribution in [2.75, 3.05) is 12.4 Å². The predicted molar refractivity (Wildman–Crippen MR) is 59.0 cm³/mol. The molecule has 0 bridgehead atoms. The van der Waals surface area contributed by atoms with Crippen LogP contribution >= 0.6 is 0 Å². The number of ether oxygens (including phenoxy) is 1. The van der Waals surface area contributed by atoms with Crippen molar-refractivity contribution in [2.24, 2.45) is 5.92 Å². The van der Waals surface area contributed by atoms with Gasteiger partial charge in [0.15, 0.2) is 5.75 Å². The van der Waals surface area contributed by atoms with Crippen molar-refractivity contribution in [1.82, 2.24) is 9.97 Å². The highest BCUT2D eigenvalue weighted by atomic mass is 16.5. The van der Waals surface area contributed by atoms with E-state index in [1.165, 1.54) is 19.3 Å². The van der Waals surface area contributed by atoms with E-state index >= 15 is 0 Å². The summed E-state index contributed by atoms with van der Waals surface area (Å²) in [5.74, 6) is 2.22. The molecule has 15 heavy (non-hydrogen) atoms. The van der Waals surface area contributed by atoms with E-state index in [4.69, 9.17) is 4.74 Å². The Morgan fingerprint density at radius 3 is 2.80 bits per heavy atom. The van der Waals surface area contributed by atoms with E-state index in [0.717, 1.165) is 5.92 Å². The summed E-state index contributed by atoms with van der Waals surface area (Å²) in [6, 6.07) is 0.582. The third-order valence-electron chi connectivity index (χ3n) is 2.76. The molecule has 1 saturated carbocycles. The van der Waals surface area contributed by atoms with Crippen LogP contribution in [0.5, 0.6) is 5.75 Å². The lowest BCUT2D eigenvalue weighted by Gasteiger charge is -2.04. The van der Waals surface area contributed by atoms with Gasteiger partial charge in [-0.1, -0.05) is 13.3 Å². The first kappa shape index (κ1) is 10.2. The van der Waals surface area contributed by atoms with Gasteiger partial charge in [0.05, 0.1) is 19.5 Å². The van der Waals surface area contributed by atoms with E-state index in [9.17, 15) is 0 Å². The highest BCUT2D eigenvalue weighted by Gasteiger charge is 2.36. The van der Waals surface area contributed by atoms with Gasteiger partial charge in [0.25, 0.3) is 0 Å². The predicted octanol–water partition coefficient (Wildman–Crippen LogP) is 2.09. The second-order valence-corrected chi connectivity index (χ2v) is 3.98. The zero-order chi connectivity index (χ0) is 10.7. The maximum absolute atomic E-state index is 5.00. The van der Waals surface area contributed by atoms with Crippen molar-refractivity contribution in [1.29, 1.82) is 0 Å². The van der Waals surface area contributed by atoms with Gasteiger partial charge in [0.2, 0.25) is 5.95 Å². The number of nitrogens with zero attached hydrogens (tertiary/aromatic N) is 2. The van der Waals surface area contributed by atoms with Gasteiger partial charge in [0.1, 0.15) is 0 Å².